The maximum Gasteiger partial charge on any atom is 0.338 e. The zero-order valence-corrected chi connectivity index (χ0v) is 24.8. The van der Waals surface area contributed by atoms with Crippen LogP contribution in [0.5, 0.6) is 0 Å². The molecule has 0 spiro atoms. The average molecular weight is 600 g/mol. The minimum atomic E-state index is -1.01. The topological polar surface area (TPSA) is 136 Å². The third kappa shape index (κ3) is 5.75. The monoisotopic (exact) mass is 599 g/mol. The van der Waals surface area contributed by atoms with Gasteiger partial charge in [-0.15, -0.1) is 11.3 Å². The smallest absolute Gasteiger partial charge is 0.338 e. The Morgan fingerprint density at radius 3 is 2.65 bits per heavy atom. The Balaban J connectivity index is 1.07. The molecule has 0 amide bonds. The third-order valence-electron chi connectivity index (χ3n) is 8.22. The fraction of sp³-hybridized carbons (Fsp3) is 0.400. The molecule has 2 N–H and O–H groups in total. The van der Waals surface area contributed by atoms with E-state index >= 15 is 0 Å². The average Bonchev–Trinajstić information content (AvgIpc) is 3.68. The Kier molecular flexibility index (Phi) is 7.59. The van der Waals surface area contributed by atoms with Crippen molar-refractivity contribution in [3.8, 4) is 11.4 Å². The summed E-state index contributed by atoms with van der Waals surface area (Å²) in [5, 5.41) is 17.4. The molecule has 0 unspecified atom stereocenters. The van der Waals surface area contributed by atoms with Gasteiger partial charge in [-0.05, 0) is 37.9 Å². The van der Waals surface area contributed by atoms with Gasteiger partial charge in [0.05, 0.1) is 40.7 Å². The van der Waals surface area contributed by atoms with Crippen molar-refractivity contribution in [2.45, 2.75) is 19.4 Å². The highest BCUT2D eigenvalue weighted by atomic mass is 32.1. The van der Waals surface area contributed by atoms with Crippen molar-refractivity contribution in [1.29, 1.82) is 0 Å². The minimum Gasteiger partial charge on any atom is -0.478 e. The number of ether oxygens (including phenoxy) is 1. The zero-order valence-electron chi connectivity index (χ0n) is 23.9. The Bertz CT molecular complexity index is 1740. The number of aromatic amines is 1. The summed E-state index contributed by atoms with van der Waals surface area (Å²) < 4.78 is 6.76. The molecule has 43 heavy (non-hydrogen) atoms. The maximum atomic E-state index is 11.1. The molecule has 2 saturated heterocycles. The van der Waals surface area contributed by atoms with Crippen molar-refractivity contribution in [2.24, 2.45) is 5.92 Å². The van der Waals surface area contributed by atoms with Crippen LogP contribution in [0.2, 0.25) is 0 Å². The molecule has 0 saturated carbocycles. The largest absolute Gasteiger partial charge is 0.478 e. The van der Waals surface area contributed by atoms with Crippen LogP contribution in [-0.2, 0) is 11.3 Å². The number of thiophene rings is 1. The number of piperidine rings is 1. The number of aromatic nitrogens is 6. The van der Waals surface area contributed by atoms with Gasteiger partial charge in [0.25, 0.3) is 0 Å². The van der Waals surface area contributed by atoms with E-state index in [1.807, 2.05) is 18.3 Å². The summed E-state index contributed by atoms with van der Waals surface area (Å²) in [5.41, 5.74) is 3.03. The molecule has 0 bridgehead atoms. The number of hydrogen-bond donors (Lipinski definition) is 2. The molecule has 222 valence electrons. The molecule has 13 heteroatoms. The summed E-state index contributed by atoms with van der Waals surface area (Å²) in [7, 11) is 2.18. The summed E-state index contributed by atoms with van der Waals surface area (Å²) in [6.07, 6.45) is 6.68. The number of benzene rings is 1. The van der Waals surface area contributed by atoms with E-state index in [1.54, 1.807) is 11.3 Å². The Morgan fingerprint density at radius 2 is 1.88 bits per heavy atom. The summed E-state index contributed by atoms with van der Waals surface area (Å²) in [5.74, 6) is 1.85. The zero-order chi connectivity index (χ0) is 29.3. The second-order valence-corrected chi connectivity index (χ2v) is 12.4. The van der Waals surface area contributed by atoms with Crippen LogP contribution in [0.3, 0.4) is 0 Å². The quantitative estimate of drug-likeness (QED) is 0.269. The van der Waals surface area contributed by atoms with Gasteiger partial charge in [-0.2, -0.15) is 5.10 Å². The van der Waals surface area contributed by atoms with Crippen molar-refractivity contribution in [2.75, 3.05) is 62.8 Å². The van der Waals surface area contributed by atoms with E-state index in [0.717, 1.165) is 84.6 Å². The molecule has 7 rings (SSSR count). The number of morpholine rings is 1. The molecule has 0 atom stereocenters. The van der Waals surface area contributed by atoms with Gasteiger partial charge in [-0.3, -0.25) is 5.10 Å². The van der Waals surface area contributed by atoms with Gasteiger partial charge in [-0.25, -0.2) is 24.7 Å². The minimum absolute atomic E-state index is 0.107. The number of carbonyl (C=O) groups is 1. The molecule has 4 aromatic heterocycles. The molecule has 12 nitrogen and oxygen atoms in total. The Morgan fingerprint density at radius 1 is 1.09 bits per heavy atom. The van der Waals surface area contributed by atoms with E-state index in [2.05, 4.69) is 54.0 Å². The summed E-state index contributed by atoms with van der Waals surface area (Å²) in [6.45, 7) is 6.56. The number of carboxylic acid groups (broad SMARTS) is 1. The van der Waals surface area contributed by atoms with Crippen LogP contribution in [0.4, 0.5) is 11.8 Å². The van der Waals surface area contributed by atoms with Crippen LogP contribution in [0, 0.1) is 5.92 Å². The molecular weight excluding hydrogens is 566 g/mol. The first-order chi connectivity index (χ1) is 21.0. The van der Waals surface area contributed by atoms with Crippen LogP contribution in [0.15, 0.2) is 42.9 Å². The van der Waals surface area contributed by atoms with Crippen molar-refractivity contribution in [3.63, 3.8) is 0 Å². The molecular formula is C30H33N9O3S. The second-order valence-electron chi connectivity index (χ2n) is 11.2. The fourth-order valence-electron chi connectivity index (χ4n) is 6.00. The number of rotatable bonds is 8. The standard InChI is InChI=1S/C30H33N9O3S/c1-37(17-19-5-7-39(8-6-19)30-31-14-20(15-32-30)29(40)41)18-21-13-25-26(43-21)28(38-9-11-42-12-10-38)35-27(34-25)22-3-2-4-24-23(22)16-33-36-24/h2-4,13-16,19H,5-12,17-18H2,1H3,(H,33,36)(H,40,41). The van der Waals surface area contributed by atoms with E-state index in [9.17, 15) is 4.79 Å². The molecule has 6 heterocycles. The SMILES string of the molecule is CN(Cc1cc2nc(-c3cccc4[nH]ncc34)nc(N3CCOCC3)c2s1)CC1CCN(c2ncc(C(=O)O)cn2)CC1. The molecule has 0 aliphatic carbocycles. The first-order valence-corrected chi connectivity index (χ1v) is 15.4. The lowest BCUT2D eigenvalue weighted by Gasteiger charge is -2.33. The molecule has 1 aromatic carbocycles. The van der Waals surface area contributed by atoms with Crippen molar-refractivity contribution in [3.05, 3.63) is 53.3 Å². The number of anilines is 2. The number of aromatic carboxylic acids is 1. The lowest BCUT2D eigenvalue weighted by Crippen LogP contribution is -2.38. The van der Waals surface area contributed by atoms with Crippen LogP contribution < -0.4 is 9.80 Å². The van der Waals surface area contributed by atoms with Crippen molar-refractivity contribution < 1.29 is 14.6 Å². The number of fused-ring (bicyclic) bond motifs is 2. The normalized spacial score (nSPS) is 16.5. The van der Waals surface area contributed by atoms with E-state index in [4.69, 9.17) is 19.8 Å². The van der Waals surface area contributed by atoms with Gasteiger partial charge in [0, 0.05) is 67.5 Å². The number of nitrogens with zero attached hydrogens (tertiary/aromatic N) is 8. The lowest BCUT2D eigenvalue weighted by molar-refractivity contribution is 0.0696. The van der Waals surface area contributed by atoms with Crippen LogP contribution in [0.25, 0.3) is 32.5 Å². The summed E-state index contributed by atoms with van der Waals surface area (Å²) in [4.78, 5) is 37.9. The number of hydrogen-bond acceptors (Lipinski definition) is 11. The van der Waals surface area contributed by atoms with Gasteiger partial charge in [0.2, 0.25) is 5.95 Å². The van der Waals surface area contributed by atoms with Gasteiger partial charge < -0.3 is 24.5 Å². The fourth-order valence-corrected chi connectivity index (χ4v) is 7.19. The van der Waals surface area contributed by atoms with Gasteiger partial charge in [0.1, 0.15) is 0 Å². The van der Waals surface area contributed by atoms with Gasteiger partial charge >= 0.3 is 5.97 Å². The lowest BCUT2D eigenvalue weighted by atomic mass is 9.96. The van der Waals surface area contributed by atoms with E-state index < -0.39 is 5.97 Å². The third-order valence-corrected chi connectivity index (χ3v) is 9.32. The Labute approximate surface area is 252 Å². The summed E-state index contributed by atoms with van der Waals surface area (Å²) >= 11 is 1.78. The van der Waals surface area contributed by atoms with Crippen molar-refractivity contribution in [1.82, 2.24) is 35.0 Å². The molecule has 0 radical (unpaired) electrons. The predicted molar refractivity (Wildman–Crippen MR) is 166 cm³/mol. The highest BCUT2D eigenvalue weighted by Gasteiger charge is 2.24. The summed E-state index contributed by atoms with van der Waals surface area (Å²) in [6, 6.07) is 8.31. The van der Waals surface area contributed by atoms with Crippen LogP contribution >= 0.6 is 11.3 Å². The van der Waals surface area contributed by atoms with Crippen LogP contribution in [0.1, 0.15) is 28.1 Å². The predicted octanol–water partition coefficient (Wildman–Crippen LogP) is 3.91. The van der Waals surface area contributed by atoms with Crippen molar-refractivity contribution >= 4 is 50.2 Å². The highest BCUT2D eigenvalue weighted by molar-refractivity contribution is 7.19. The molecule has 2 aliphatic heterocycles. The number of nitrogens with one attached hydrogen (secondary N) is 1. The van der Waals surface area contributed by atoms with E-state index in [1.165, 1.54) is 17.3 Å². The molecule has 5 aromatic rings. The number of carboxylic acids is 1. The van der Waals surface area contributed by atoms with Gasteiger partial charge in [0.15, 0.2) is 11.6 Å². The molecule has 2 aliphatic rings. The van der Waals surface area contributed by atoms with E-state index in [-0.39, 0.29) is 5.56 Å². The highest BCUT2D eigenvalue weighted by Crippen LogP contribution is 2.36. The second kappa shape index (κ2) is 11.8. The first kappa shape index (κ1) is 27.6. The van der Waals surface area contributed by atoms with Gasteiger partial charge in [-0.1, -0.05) is 12.1 Å². The maximum absolute atomic E-state index is 11.1. The Hall–Kier alpha value is -4.20. The molecule has 2 fully saturated rings. The van der Waals surface area contributed by atoms with Crippen LogP contribution in [-0.4, -0.2) is 99.1 Å². The first-order valence-electron chi connectivity index (χ1n) is 14.6. The number of H-pyrrole nitrogens is 1. The van der Waals surface area contributed by atoms with E-state index in [0.29, 0.717) is 30.9 Å².